The van der Waals surface area contributed by atoms with Gasteiger partial charge in [0, 0.05) is 31.9 Å². The van der Waals surface area contributed by atoms with Crippen molar-refractivity contribution < 1.29 is 14.3 Å². The molecule has 0 atom stereocenters. The summed E-state index contributed by atoms with van der Waals surface area (Å²) in [5.74, 6) is 0.0972. The molecule has 1 aliphatic heterocycles. The van der Waals surface area contributed by atoms with Crippen molar-refractivity contribution in [2.24, 2.45) is 0 Å². The summed E-state index contributed by atoms with van der Waals surface area (Å²) in [6.07, 6.45) is 0.931. The summed E-state index contributed by atoms with van der Waals surface area (Å²) in [7, 11) is 1.55. The highest BCUT2D eigenvalue weighted by Crippen LogP contribution is 2.25. The molecule has 0 spiro atoms. The molecule has 0 aromatic heterocycles. The van der Waals surface area contributed by atoms with Crippen LogP contribution in [0, 0.1) is 18.3 Å². The van der Waals surface area contributed by atoms with Crippen LogP contribution < -0.4 is 20.3 Å². The van der Waals surface area contributed by atoms with E-state index in [0.717, 1.165) is 43.9 Å². The van der Waals surface area contributed by atoms with E-state index in [1.807, 2.05) is 43.3 Å². The first-order valence-corrected chi connectivity index (χ1v) is 10.7. The molecule has 2 aromatic rings. The van der Waals surface area contributed by atoms with Crippen LogP contribution in [0.15, 0.2) is 42.5 Å². The molecule has 8 heteroatoms. The zero-order valence-corrected chi connectivity index (χ0v) is 18.6. The molecular formula is C24H29N5O3. The minimum atomic E-state index is -0.301. The number of nitrogens with one attached hydrogen (secondary N) is 2. The molecule has 0 radical (unpaired) electrons. The van der Waals surface area contributed by atoms with Crippen molar-refractivity contribution in [2.75, 3.05) is 56.6 Å². The predicted octanol–water partition coefficient (Wildman–Crippen LogP) is 2.14. The van der Waals surface area contributed by atoms with Crippen LogP contribution in [0.1, 0.15) is 17.5 Å². The van der Waals surface area contributed by atoms with E-state index in [9.17, 15) is 9.59 Å². The summed E-state index contributed by atoms with van der Waals surface area (Å²) in [6, 6.07) is 15.2. The fourth-order valence-corrected chi connectivity index (χ4v) is 3.69. The SMILES string of the molecule is COc1ccc(C)cc1NC(=O)CNC(=O)CN1CCCN(c2ccc(C#N)cc2)CC1. The maximum absolute atomic E-state index is 12.4. The van der Waals surface area contributed by atoms with E-state index in [-0.39, 0.29) is 24.9 Å². The van der Waals surface area contributed by atoms with Gasteiger partial charge in [-0.2, -0.15) is 5.26 Å². The Hall–Kier alpha value is -3.57. The number of carbonyl (C=O) groups excluding carboxylic acids is 2. The van der Waals surface area contributed by atoms with Gasteiger partial charge in [0.05, 0.1) is 37.5 Å². The van der Waals surface area contributed by atoms with Crippen LogP contribution in [-0.4, -0.2) is 63.1 Å². The average Bonchev–Trinajstić information content (AvgIpc) is 3.03. The van der Waals surface area contributed by atoms with Gasteiger partial charge in [-0.15, -0.1) is 0 Å². The Morgan fingerprint density at radius 3 is 2.56 bits per heavy atom. The van der Waals surface area contributed by atoms with Crippen molar-refractivity contribution in [3.63, 3.8) is 0 Å². The third-order valence-electron chi connectivity index (χ3n) is 5.39. The maximum Gasteiger partial charge on any atom is 0.243 e. The number of methoxy groups -OCH3 is 1. The normalized spacial score (nSPS) is 14.2. The van der Waals surface area contributed by atoms with E-state index >= 15 is 0 Å². The second-order valence-electron chi connectivity index (χ2n) is 7.80. The van der Waals surface area contributed by atoms with E-state index in [1.165, 1.54) is 0 Å². The number of amides is 2. The van der Waals surface area contributed by atoms with Gasteiger partial charge in [-0.1, -0.05) is 6.07 Å². The summed E-state index contributed by atoms with van der Waals surface area (Å²) < 4.78 is 5.26. The number of rotatable bonds is 7. The molecule has 2 aromatic carbocycles. The Kier molecular flexibility index (Phi) is 8.06. The summed E-state index contributed by atoms with van der Waals surface area (Å²) in [5.41, 5.74) is 3.31. The summed E-state index contributed by atoms with van der Waals surface area (Å²) in [6.45, 7) is 5.34. The number of anilines is 2. The molecule has 3 rings (SSSR count). The van der Waals surface area contributed by atoms with Crippen molar-refractivity contribution in [2.45, 2.75) is 13.3 Å². The van der Waals surface area contributed by atoms with Crippen molar-refractivity contribution in [1.29, 1.82) is 5.26 Å². The standard InChI is InChI=1S/C24H29N5O3/c1-18-4-9-22(32-2)21(14-18)27-23(30)16-26-24(31)17-28-10-3-11-29(13-12-28)20-7-5-19(15-25)6-8-20/h4-9,14H,3,10-13,16-17H2,1-2H3,(H,26,31)(H,27,30). The molecule has 0 bridgehead atoms. The largest absolute Gasteiger partial charge is 0.495 e. The number of benzene rings is 2. The monoisotopic (exact) mass is 435 g/mol. The summed E-state index contributed by atoms with van der Waals surface area (Å²) in [4.78, 5) is 29.0. The molecule has 1 saturated heterocycles. The molecule has 8 nitrogen and oxygen atoms in total. The third kappa shape index (κ3) is 6.46. The van der Waals surface area contributed by atoms with Crippen LogP contribution in [0.2, 0.25) is 0 Å². The van der Waals surface area contributed by atoms with Gasteiger partial charge in [-0.3, -0.25) is 14.5 Å². The second-order valence-corrected chi connectivity index (χ2v) is 7.80. The lowest BCUT2D eigenvalue weighted by atomic mass is 10.2. The molecule has 2 amide bonds. The molecule has 2 N–H and O–H groups in total. The third-order valence-corrected chi connectivity index (χ3v) is 5.39. The Morgan fingerprint density at radius 2 is 1.84 bits per heavy atom. The topological polar surface area (TPSA) is 97.7 Å². The van der Waals surface area contributed by atoms with Crippen molar-refractivity contribution in [3.05, 3.63) is 53.6 Å². The Labute approximate surface area is 188 Å². The summed E-state index contributed by atoms with van der Waals surface area (Å²) in [5, 5.41) is 14.4. The highest BCUT2D eigenvalue weighted by Gasteiger charge is 2.18. The van der Waals surface area contributed by atoms with Crippen LogP contribution in [0.5, 0.6) is 5.75 Å². The first-order valence-electron chi connectivity index (χ1n) is 10.7. The van der Waals surface area contributed by atoms with Crippen molar-refractivity contribution in [1.82, 2.24) is 10.2 Å². The Bertz CT molecular complexity index is 984. The molecule has 1 fully saturated rings. The van der Waals surface area contributed by atoms with E-state index in [0.29, 0.717) is 17.0 Å². The molecule has 0 aliphatic carbocycles. The Morgan fingerprint density at radius 1 is 1.06 bits per heavy atom. The van der Waals surface area contributed by atoms with Gasteiger partial charge in [-0.25, -0.2) is 0 Å². The minimum absolute atomic E-state index is 0.0961. The zero-order chi connectivity index (χ0) is 22.9. The molecule has 168 valence electrons. The van der Waals surface area contributed by atoms with Gasteiger partial charge >= 0.3 is 0 Å². The lowest BCUT2D eigenvalue weighted by Crippen LogP contribution is -2.41. The van der Waals surface area contributed by atoms with Gasteiger partial charge in [0.1, 0.15) is 5.75 Å². The van der Waals surface area contributed by atoms with Gasteiger partial charge in [0.2, 0.25) is 11.8 Å². The van der Waals surface area contributed by atoms with Crippen LogP contribution in [0.4, 0.5) is 11.4 Å². The Balaban J connectivity index is 1.44. The van der Waals surface area contributed by atoms with Gasteiger partial charge in [0.25, 0.3) is 0 Å². The second kappa shape index (κ2) is 11.2. The number of aryl methyl sites for hydroxylation is 1. The van der Waals surface area contributed by atoms with Crippen molar-refractivity contribution >= 4 is 23.2 Å². The number of nitriles is 1. The molecule has 32 heavy (non-hydrogen) atoms. The highest BCUT2D eigenvalue weighted by atomic mass is 16.5. The molecular weight excluding hydrogens is 406 g/mol. The fourth-order valence-electron chi connectivity index (χ4n) is 3.69. The van der Waals surface area contributed by atoms with Gasteiger partial charge < -0.3 is 20.3 Å². The minimum Gasteiger partial charge on any atom is -0.495 e. The number of ether oxygens (including phenoxy) is 1. The van der Waals surface area contributed by atoms with E-state index in [1.54, 1.807) is 13.2 Å². The van der Waals surface area contributed by atoms with E-state index in [4.69, 9.17) is 10.00 Å². The fraction of sp³-hybridized carbons (Fsp3) is 0.375. The average molecular weight is 436 g/mol. The molecule has 0 unspecified atom stereocenters. The number of nitrogens with zero attached hydrogens (tertiary/aromatic N) is 3. The van der Waals surface area contributed by atoms with Gasteiger partial charge in [0.15, 0.2) is 0 Å². The van der Waals surface area contributed by atoms with Crippen LogP contribution >= 0.6 is 0 Å². The molecule has 1 aliphatic rings. The van der Waals surface area contributed by atoms with Gasteiger partial charge in [-0.05, 0) is 55.3 Å². The number of hydrogen-bond acceptors (Lipinski definition) is 6. The highest BCUT2D eigenvalue weighted by molar-refractivity contribution is 5.96. The van der Waals surface area contributed by atoms with Crippen LogP contribution in [-0.2, 0) is 9.59 Å². The summed E-state index contributed by atoms with van der Waals surface area (Å²) >= 11 is 0. The smallest absolute Gasteiger partial charge is 0.243 e. The first-order chi connectivity index (χ1) is 15.5. The maximum atomic E-state index is 12.4. The van der Waals surface area contributed by atoms with E-state index in [2.05, 4.69) is 26.5 Å². The number of carbonyl (C=O) groups is 2. The van der Waals surface area contributed by atoms with E-state index < -0.39 is 0 Å². The lowest BCUT2D eigenvalue weighted by molar-refractivity contribution is -0.125. The molecule has 1 heterocycles. The zero-order valence-electron chi connectivity index (χ0n) is 18.6. The first kappa shape index (κ1) is 23.1. The predicted molar refractivity (Wildman–Crippen MR) is 124 cm³/mol. The lowest BCUT2D eigenvalue weighted by Gasteiger charge is -2.23. The van der Waals surface area contributed by atoms with Crippen molar-refractivity contribution in [3.8, 4) is 11.8 Å². The number of hydrogen-bond donors (Lipinski definition) is 2. The van der Waals surface area contributed by atoms with Crippen LogP contribution in [0.25, 0.3) is 0 Å². The molecule has 0 saturated carbocycles. The quantitative estimate of drug-likeness (QED) is 0.692. The van der Waals surface area contributed by atoms with Crippen LogP contribution in [0.3, 0.4) is 0 Å².